The van der Waals surface area contributed by atoms with E-state index in [1.54, 1.807) is 6.92 Å². The zero-order valence-corrected chi connectivity index (χ0v) is 11.8. The average Bonchev–Trinajstić information content (AvgIpc) is 2.88. The van der Waals surface area contributed by atoms with Gasteiger partial charge in [0.15, 0.2) is 0 Å². The van der Waals surface area contributed by atoms with E-state index in [1.807, 2.05) is 30.3 Å². The average molecular weight is 291 g/mol. The van der Waals surface area contributed by atoms with Gasteiger partial charge in [0.05, 0.1) is 6.61 Å². The highest BCUT2D eigenvalue weighted by Crippen LogP contribution is 2.21. The molecule has 6 heteroatoms. The second-order valence-electron chi connectivity index (χ2n) is 4.62. The highest BCUT2D eigenvalue weighted by atomic mass is 16.6. The molecule has 112 valence electrons. The van der Waals surface area contributed by atoms with Gasteiger partial charge in [-0.25, -0.2) is 9.69 Å². The van der Waals surface area contributed by atoms with Gasteiger partial charge >= 0.3 is 12.1 Å². The number of ether oxygens (including phenoxy) is 2. The lowest BCUT2D eigenvalue weighted by molar-refractivity contribution is -0.153. The number of imide groups is 1. The van der Waals surface area contributed by atoms with Crippen molar-refractivity contribution in [3.05, 3.63) is 35.9 Å². The first-order valence-corrected chi connectivity index (χ1v) is 6.82. The monoisotopic (exact) mass is 291 g/mol. The van der Waals surface area contributed by atoms with Gasteiger partial charge in [0.25, 0.3) is 0 Å². The van der Waals surface area contributed by atoms with E-state index in [9.17, 15) is 14.4 Å². The summed E-state index contributed by atoms with van der Waals surface area (Å²) in [6.45, 7) is 2.14. The van der Waals surface area contributed by atoms with E-state index in [0.717, 1.165) is 10.5 Å². The van der Waals surface area contributed by atoms with Gasteiger partial charge in [0, 0.05) is 6.54 Å². The van der Waals surface area contributed by atoms with E-state index in [1.165, 1.54) is 0 Å². The molecule has 0 saturated carbocycles. The van der Waals surface area contributed by atoms with Crippen LogP contribution >= 0.6 is 0 Å². The Morgan fingerprint density at radius 3 is 2.62 bits per heavy atom. The number of esters is 1. The number of benzene rings is 1. The van der Waals surface area contributed by atoms with Gasteiger partial charge in [0.2, 0.25) is 5.91 Å². The summed E-state index contributed by atoms with van der Waals surface area (Å²) in [5.74, 6) is -2.07. The van der Waals surface area contributed by atoms with E-state index >= 15 is 0 Å². The van der Waals surface area contributed by atoms with Gasteiger partial charge in [-0.05, 0) is 18.9 Å². The van der Waals surface area contributed by atoms with Gasteiger partial charge in [-0.3, -0.25) is 9.59 Å². The van der Waals surface area contributed by atoms with Crippen molar-refractivity contribution in [3.8, 4) is 0 Å². The summed E-state index contributed by atoms with van der Waals surface area (Å²) in [6, 6.07) is 9.20. The number of rotatable bonds is 4. The highest BCUT2D eigenvalue weighted by molar-refractivity contribution is 6.05. The maximum absolute atomic E-state index is 12.0. The number of hydrogen-bond donors (Lipinski definition) is 0. The summed E-state index contributed by atoms with van der Waals surface area (Å²) in [5.41, 5.74) is 0.846. The van der Waals surface area contributed by atoms with Crippen LogP contribution in [0.15, 0.2) is 30.3 Å². The molecule has 1 aromatic carbocycles. The largest absolute Gasteiger partial charge is 0.460 e. The summed E-state index contributed by atoms with van der Waals surface area (Å²) in [5, 5.41) is 0. The van der Waals surface area contributed by atoms with E-state index in [2.05, 4.69) is 0 Å². The Labute approximate surface area is 122 Å². The van der Waals surface area contributed by atoms with Crippen molar-refractivity contribution in [2.45, 2.75) is 20.0 Å². The van der Waals surface area contributed by atoms with Crippen molar-refractivity contribution in [2.75, 3.05) is 13.2 Å². The van der Waals surface area contributed by atoms with Crippen molar-refractivity contribution < 1.29 is 23.9 Å². The summed E-state index contributed by atoms with van der Waals surface area (Å²) < 4.78 is 9.90. The molecule has 21 heavy (non-hydrogen) atoms. The maximum Gasteiger partial charge on any atom is 0.416 e. The van der Waals surface area contributed by atoms with Crippen molar-refractivity contribution in [2.24, 2.45) is 5.92 Å². The van der Waals surface area contributed by atoms with Gasteiger partial charge < -0.3 is 9.47 Å². The number of likely N-dealkylation sites (tertiary alicyclic amines) is 1. The van der Waals surface area contributed by atoms with Gasteiger partial charge in [0.1, 0.15) is 12.5 Å². The standard InChI is InChI=1S/C15H17NO5/c1-2-20-15(19)16-9-8-12(13(16)17)14(18)21-10-11-6-4-3-5-7-11/h3-7,12H,2,8-10H2,1H3. The molecule has 0 aliphatic carbocycles. The Balaban J connectivity index is 1.89. The molecule has 1 heterocycles. The minimum absolute atomic E-state index is 0.114. The fourth-order valence-electron chi connectivity index (χ4n) is 2.11. The topological polar surface area (TPSA) is 72.9 Å². The van der Waals surface area contributed by atoms with Crippen LogP contribution < -0.4 is 0 Å². The molecule has 1 unspecified atom stereocenters. The van der Waals surface area contributed by atoms with E-state index in [0.29, 0.717) is 0 Å². The molecule has 2 amide bonds. The first-order valence-electron chi connectivity index (χ1n) is 6.82. The van der Waals surface area contributed by atoms with E-state index in [-0.39, 0.29) is 26.2 Å². The molecule has 1 saturated heterocycles. The van der Waals surface area contributed by atoms with Crippen LogP contribution in [0.4, 0.5) is 4.79 Å². The van der Waals surface area contributed by atoms with Gasteiger partial charge in [-0.1, -0.05) is 30.3 Å². The first kappa shape index (κ1) is 15.0. The third kappa shape index (κ3) is 3.59. The van der Waals surface area contributed by atoms with Crippen LogP contribution in [0.1, 0.15) is 18.9 Å². The van der Waals surface area contributed by atoms with E-state index in [4.69, 9.17) is 9.47 Å². The molecule has 1 aromatic rings. The minimum atomic E-state index is -0.918. The molecule has 0 N–H and O–H groups in total. The Morgan fingerprint density at radius 1 is 1.24 bits per heavy atom. The van der Waals surface area contributed by atoms with Crippen molar-refractivity contribution in [3.63, 3.8) is 0 Å². The summed E-state index contributed by atoms with van der Waals surface area (Å²) in [6.07, 6.45) is -0.438. The zero-order chi connectivity index (χ0) is 15.2. The predicted octanol–water partition coefficient (Wildman–Crippen LogP) is 1.73. The second-order valence-corrected chi connectivity index (χ2v) is 4.62. The van der Waals surface area contributed by atoms with Crippen LogP contribution in [-0.2, 0) is 25.7 Å². The molecule has 6 nitrogen and oxygen atoms in total. The minimum Gasteiger partial charge on any atom is -0.460 e. The van der Waals surface area contributed by atoms with Crippen molar-refractivity contribution >= 4 is 18.0 Å². The van der Waals surface area contributed by atoms with Crippen LogP contribution in [0.25, 0.3) is 0 Å². The lowest BCUT2D eigenvalue weighted by Crippen LogP contribution is -2.36. The third-order valence-corrected chi connectivity index (χ3v) is 3.20. The molecule has 0 bridgehead atoms. The molecule has 2 rings (SSSR count). The number of hydrogen-bond acceptors (Lipinski definition) is 5. The number of nitrogens with zero attached hydrogens (tertiary/aromatic N) is 1. The van der Waals surface area contributed by atoms with Crippen LogP contribution in [0.2, 0.25) is 0 Å². The SMILES string of the molecule is CCOC(=O)N1CCC(C(=O)OCc2ccccc2)C1=O. The van der Waals surface area contributed by atoms with Crippen molar-refractivity contribution in [1.29, 1.82) is 0 Å². The van der Waals surface area contributed by atoms with Gasteiger partial charge in [-0.2, -0.15) is 0 Å². The summed E-state index contributed by atoms with van der Waals surface area (Å²) >= 11 is 0. The number of carbonyl (C=O) groups excluding carboxylic acids is 3. The predicted molar refractivity (Wildman–Crippen MR) is 73.1 cm³/mol. The molecule has 0 aromatic heterocycles. The quantitative estimate of drug-likeness (QED) is 0.624. The third-order valence-electron chi connectivity index (χ3n) is 3.20. The summed E-state index contributed by atoms with van der Waals surface area (Å²) in [7, 11) is 0. The zero-order valence-electron chi connectivity index (χ0n) is 11.8. The Kier molecular flexibility index (Phi) is 4.92. The van der Waals surface area contributed by atoms with E-state index < -0.39 is 23.9 Å². The molecular formula is C15H17NO5. The molecule has 0 radical (unpaired) electrons. The molecule has 1 atom stereocenters. The normalized spacial score (nSPS) is 17.7. The first-order chi connectivity index (χ1) is 10.1. The highest BCUT2D eigenvalue weighted by Gasteiger charge is 2.41. The molecule has 1 fully saturated rings. The number of amides is 2. The Bertz CT molecular complexity index is 528. The fourth-order valence-corrected chi connectivity index (χ4v) is 2.11. The summed E-state index contributed by atoms with van der Waals surface area (Å²) in [4.78, 5) is 36.4. The van der Waals surface area contributed by atoms with Gasteiger partial charge in [-0.15, -0.1) is 0 Å². The maximum atomic E-state index is 12.0. The fraction of sp³-hybridized carbons (Fsp3) is 0.400. The van der Waals surface area contributed by atoms with Crippen LogP contribution in [-0.4, -0.2) is 36.0 Å². The van der Waals surface area contributed by atoms with Crippen molar-refractivity contribution in [1.82, 2.24) is 4.90 Å². The van der Waals surface area contributed by atoms with Crippen LogP contribution in [0.3, 0.4) is 0 Å². The van der Waals surface area contributed by atoms with Crippen LogP contribution in [0.5, 0.6) is 0 Å². The number of carbonyl (C=O) groups is 3. The lowest BCUT2D eigenvalue weighted by atomic mass is 10.1. The molecule has 1 aliphatic rings. The second kappa shape index (κ2) is 6.88. The Morgan fingerprint density at radius 2 is 1.95 bits per heavy atom. The Hall–Kier alpha value is -2.37. The molecule has 1 aliphatic heterocycles. The smallest absolute Gasteiger partial charge is 0.416 e. The molecule has 0 spiro atoms. The molecular weight excluding hydrogens is 274 g/mol. The van der Waals surface area contributed by atoms with Crippen LogP contribution in [0, 0.1) is 5.92 Å². The lowest BCUT2D eigenvalue weighted by Gasteiger charge is -2.13.